The Bertz CT molecular complexity index is 766. The van der Waals surface area contributed by atoms with Crippen molar-refractivity contribution in [3.8, 4) is 0 Å². The highest BCUT2D eigenvalue weighted by Gasteiger charge is 2.08. The van der Waals surface area contributed by atoms with Gasteiger partial charge >= 0.3 is 0 Å². The van der Waals surface area contributed by atoms with Gasteiger partial charge in [0.2, 0.25) is 0 Å². The van der Waals surface area contributed by atoms with Gasteiger partial charge in [0.05, 0.1) is 11.2 Å². The Labute approximate surface area is 125 Å². The van der Waals surface area contributed by atoms with Gasteiger partial charge in [-0.05, 0) is 44.5 Å². The second-order valence-electron chi connectivity index (χ2n) is 5.37. The molecule has 0 unspecified atom stereocenters. The molecule has 3 rings (SSSR count). The summed E-state index contributed by atoms with van der Waals surface area (Å²) in [7, 11) is 0. The third kappa shape index (κ3) is 2.51. The Balaban J connectivity index is 1.87. The molecule has 0 fully saturated rings. The summed E-state index contributed by atoms with van der Waals surface area (Å²) in [5, 5.41) is 4.70. The Hall–Kier alpha value is -2.29. The van der Waals surface area contributed by atoms with Crippen LogP contribution in [0.2, 0.25) is 0 Å². The number of anilines is 1. The van der Waals surface area contributed by atoms with Crippen LogP contribution in [0.5, 0.6) is 0 Å². The molecule has 0 aliphatic rings. The van der Waals surface area contributed by atoms with Crippen LogP contribution in [0, 0.1) is 13.8 Å². The first-order valence-corrected chi connectivity index (χ1v) is 7.44. The lowest BCUT2D eigenvalue weighted by atomic mass is 10.2. The van der Waals surface area contributed by atoms with Crippen LogP contribution in [0.15, 0.2) is 42.6 Å². The van der Waals surface area contributed by atoms with E-state index >= 15 is 0 Å². The number of aryl methyl sites for hydroxylation is 1. The van der Waals surface area contributed by atoms with Crippen molar-refractivity contribution >= 4 is 16.6 Å². The van der Waals surface area contributed by atoms with Crippen molar-refractivity contribution in [3.63, 3.8) is 0 Å². The number of hydrogen-bond donors (Lipinski definition) is 1. The quantitative estimate of drug-likeness (QED) is 0.772. The van der Waals surface area contributed by atoms with Crippen LogP contribution < -0.4 is 5.32 Å². The number of aromatic nitrogens is 2. The van der Waals surface area contributed by atoms with E-state index in [-0.39, 0.29) is 0 Å². The number of nitrogens with one attached hydrogen (secondary N) is 1. The Kier molecular flexibility index (Phi) is 3.65. The average Bonchev–Trinajstić information content (AvgIpc) is 2.78. The van der Waals surface area contributed by atoms with Crippen molar-refractivity contribution in [1.82, 2.24) is 9.55 Å². The molecule has 1 aromatic carbocycles. The van der Waals surface area contributed by atoms with Gasteiger partial charge in [-0.25, -0.2) is 0 Å². The first kappa shape index (κ1) is 13.7. The lowest BCUT2D eigenvalue weighted by molar-refractivity contribution is 0.715. The largest absolute Gasteiger partial charge is 0.379 e. The van der Waals surface area contributed by atoms with Crippen molar-refractivity contribution in [2.45, 2.75) is 33.9 Å². The maximum absolute atomic E-state index is 4.49. The van der Waals surface area contributed by atoms with Gasteiger partial charge < -0.3 is 9.88 Å². The van der Waals surface area contributed by atoms with E-state index in [0.717, 1.165) is 24.3 Å². The van der Waals surface area contributed by atoms with Crippen molar-refractivity contribution in [2.75, 3.05) is 5.32 Å². The highest BCUT2D eigenvalue weighted by Crippen LogP contribution is 2.22. The molecule has 0 spiro atoms. The third-order valence-electron chi connectivity index (χ3n) is 4.10. The minimum atomic E-state index is 0.829. The van der Waals surface area contributed by atoms with E-state index in [4.69, 9.17) is 0 Å². The number of fused-ring (bicyclic) bond motifs is 1. The molecular weight excluding hydrogens is 258 g/mol. The van der Waals surface area contributed by atoms with E-state index in [1.54, 1.807) is 0 Å². The summed E-state index contributed by atoms with van der Waals surface area (Å²) in [6.07, 6.45) is 1.84. The monoisotopic (exact) mass is 279 g/mol. The molecule has 0 saturated carbocycles. The second kappa shape index (κ2) is 5.60. The first-order valence-electron chi connectivity index (χ1n) is 7.44. The molecule has 108 valence electrons. The van der Waals surface area contributed by atoms with Crippen LogP contribution in [0.4, 0.5) is 5.69 Å². The van der Waals surface area contributed by atoms with Crippen molar-refractivity contribution in [2.24, 2.45) is 0 Å². The predicted molar refractivity (Wildman–Crippen MR) is 88.6 cm³/mol. The van der Waals surface area contributed by atoms with E-state index in [9.17, 15) is 0 Å². The Morgan fingerprint density at radius 1 is 1.14 bits per heavy atom. The molecule has 1 N–H and O–H groups in total. The van der Waals surface area contributed by atoms with Gasteiger partial charge in [-0.1, -0.05) is 18.2 Å². The van der Waals surface area contributed by atoms with Crippen LogP contribution in [-0.2, 0) is 13.1 Å². The molecule has 3 heteroatoms. The van der Waals surface area contributed by atoms with Crippen LogP contribution in [-0.4, -0.2) is 9.55 Å². The molecule has 3 nitrogen and oxygen atoms in total. The summed E-state index contributed by atoms with van der Waals surface area (Å²) in [5.74, 6) is 0. The van der Waals surface area contributed by atoms with Crippen LogP contribution in [0.25, 0.3) is 10.9 Å². The predicted octanol–water partition coefficient (Wildman–Crippen LogP) is 4.29. The summed E-state index contributed by atoms with van der Waals surface area (Å²) < 4.78 is 2.35. The number of benzene rings is 1. The summed E-state index contributed by atoms with van der Waals surface area (Å²) in [6, 6.07) is 12.6. The van der Waals surface area contributed by atoms with Gasteiger partial charge in [-0.3, -0.25) is 4.98 Å². The number of rotatable bonds is 4. The van der Waals surface area contributed by atoms with E-state index in [1.165, 1.54) is 22.3 Å². The lowest BCUT2D eigenvalue weighted by Crippen LogP contribution is -2.03. The second-order valence-corrected chi connectivity index (χ2v) is 5.37. The molecule has 21 heavy (non-hydrogen) atoms. The molecule has 0 radical (unpaired) electrons. The van der Waals surface area contributed by atoms with Gasteiger partial charge in [-0.15, -0.1) is 0 Å². The van der Waals surface area contributed by atoms with E-state index in [0.29, 0.717) is 0 Å². The summed E-state index contributed by atoms with van der Waals surface area (Å²) in [6.45, 7) is 8.39. The van der Waals surface area contributed by atoms with Crippen LogP contribution >= 0.6 is 0 Å². The minimum absolute atomic E-state index is 0.829. The van der Waals surface area contributed by atoms with E-state index in [1.807, 2.05) is 12.3 Å². The van der Waals surface area contributed by atoms with Gasteiger partial charge in [-0.2, -0.15) is 0 Å². The van der Waals surface area contributed by atoms with Crippen LogP contribution in [0.1, 0.15) is 23.9 Å². The zero-order valence-electron chi connectivity index (χ0n) is 12.9. The molecule has 0 aliphatic heterocycles. The normalized spacial score (nSPS) is 11.0. The SMILES string of the molecule is CCn1c(C)cc(CNc2cccc3cccnc23)c1C. The number of hydrogen-bond acceptors (Lipinski definition) is 2. The zero-order valence-corrected chi connectivity index (χ0v) is 12.9. The summed E-state index contributed by atoms with van der Waals surface area (Å²) in [4.78, 5) is 4.49. The molecule has 0 saturated heterocycles. The molecule has 2 aromatic heterocycles. The van der Waals surface area contributed by atoms with Crippen molar-refractivity contribution < 1.29 is 0 Å². The molecule has 2 heterocycles. The smallest absolute Gasteiger partial charge is 0.0933 e. The molecular formula is C18H21N3. The molecule has 0 amide bonds. The fraction of sp³-hybridized carbons (Fsp3) is 0.278. The number of para-hydroxylation sites is 1. The minimum Gasteiger partial charge on any atom is -0.379 e. The van der Waals surface area contributed by atoms with Crippen molar-refractivity contribution in [3.05, 3.63) is 59.5 Å². The maximum atomic E-state index is 4.49. The van der Waals surface area contributed by atoms with E-state index in [2.05, 4.69) is 66.0 Å². The molecule has 0 bridgehead atoms. The lowest BCUT2D eigenvalue weighted by Gasteiger charge is -2.10. The number of pyridine rings is 1. The maximum Gasteiger partial charge on any atom is 0.0933 e. The fourth-order valence-electron chi connectivity index (χ4n) is 2.98. The average molecular weight is 279 g/mol. The molecule has 0 aliphatic carbocycles. The molecule has 0 atom stereocenters. The molecule has 3 aromatic rings. The topological polar surface area (TPSA) is 29.9 Å². The first-order chi connectivity index (χ1) is 10.2. The fourth-order valence-corrected chi connectivity index (χ4v) is 2.98. The Morgan fingerprint density at radius 3 is 2.71 bits per heavy atom. The van der Waals surface area contributed by atoms with Gasteiger partial charge in [0.15, 0.2) is 0 Å². The highest BCUT2D eigenvalue weighted by molar-refractivity contribution is 5.90. The zero-order chi connectivity index (χ0) is 14.8. The Morgan fingerprint density at radius 2 is 1.95 bits per heavy atom. The highest BCUT2D eigenvalue weighted by atomic mass is 15.0. The number of nitrogens with zero attached hydrogens (tertiary/aromatic N) is 2. The van der Waals surface area contributed by atoms with Gasteiger partial charge in [0.1, 0.15) is 0 Å². The van der Waals surface area contributed by atoms with Crippen LogP contribution in [0.3, 0.4) is 0 Å². The third-order valence-corrected chi connectivity index (χ3v) is 4.10. The summed E-state index contributed by atoms with van der Waals surface area (Å²) >= 11 is 0. The van der Waals surface area contributed by atoms with Crippen molar-refractivity contribution in [1.29, 1.82) is 0 Å². The summed E-state index contributed by atoms with van der Waals surface area (Å²) in [5.41, 5.74) is 6.14. The van der Waals surface area contributed by atoms with E-state index < -0.39 is 0 Å². The van der Waals surface area contributed by atoms with Gasteiger partial charge in [0, 0.05) is 36.1 Å². The standard InChI is InChI=1S/C18H21N3/c1-4-21-13(2)11-16(14(21)3)12-20-17-9-5-7-15-8-6-10-19-18(15)17/h5-11,20H,4,12H2,1-3H3. The van der Waals surface area contributed by atoms with Gasteiger partial charge in [0.25, 0.3) is 0 Å².